The molecular weight excluding hydrogens is 636 g/mol. The third kappa shape index (κ3) is 38.7. The summed E-state index contributed by atoms with van der Waals surface area (Å²) in [4.78, 5) is 37.5. The van der Waals surface area contributed by atoms with Crippen molar-refractivity contribution in [2.75, 3.05) is 13.2 Å². The SMILES string of the molecule is CCCC/C=C\CCCCCCC(=O)OC(COC(=O)CCC/C=C\CCCCCC)COC(=O)CCCCC/C=C\CCCCCCCCC. The van der Waals surface area contributed by atoms with Crippen LogP contribution in [-0.4, -0.2) is 37.2 Å². The molecule has 0 fully saturated rings. The van der Waals surface area contributed by atoms with Gasteiger partial charge in [-0.05, 0) is 83.5 Å². The van der Waals surface area contributed by atoms with Crippen LogP contribution < -0.4 is 0 Å². The van der Waals surface area contributed by atoms with Crippen LogP contribution in [0.4, 0.5) is 0 Å². The number of esters is 3. The summed E-state index contributed by atoms with van der Waals surface area (Å²) in [5.74, 6) is -0.961. The van der Waals surface area contributed by atoms with Crippen LogP contribution >= 0.6 is 0 Å². The lowest BCUT2D eigenvalue weighted by atomic mass is 10.1. The first-order chi connectivity index (χ1) is 25.0. The maximum atomic E-state index is 12.6. The molecule has 0 saturated heterocycles. The fourth-order valence-electron chi connectivity index (χ4n) is 5.77. The highest BCUT2D eigenvalue weighted by Gasteiger charge is 2.19. The largest absolute Gasteiger partial charge is 0.462 e. The zero-order valence-corrected chi connectivity index (χ0v) is 33.6. The molecule has 0 rings (SSSR count). The van der Waals surface area contributed by atoms with E-state index in [-0.39, 0.29) is 31.1 Å². The van der Waals surface area contributed by atoms with Crippen LogP contribution in [0.15, 0.2) is 36.5 Å². The van der Waals surface area contributed by atoms with Gasteiger partial charge in [-0.15, -0.1) is 0 Å². The molecular formula is C45H80O6. The molecule has 0 aliphatic carbocycles. The number of rotatable bonds is 38. The fourth-order valence-corrected chi connectivity index (χ4v) is 5.77. The normalized spacial score (nSPS) is 12.3. The highest BCUT2D eigenvalue weighted by atomic mass is 16.6. The molecule has 0 N–H and O–H groups in total. The fraction of sp³-hybridized carbons (Fsp3) is 0.800. The summed E-state index contributed by atoms with van der Waals surface area (Å²) in [5.41, 5.74) is 0. The Labute approximate surface area is 315 Å². The molecule has 1 atom stereocenters. The average molecular weight is 717 g/mol. The third-order valence-electron chi connectivity index (χ3n) is 9.09. The van der Waals surface area contributed by atoms with Crippen molar-refractivity contribution < 1.29 is 28.6 Å². The summed E-state index contributed by atoms with van der Waals surface area (Å²) in [6.07, 6.45) is 44.2. The molecule has 0 amide bonds. The number of ether oxygens (including phenoxy) is 3. The van der Waals surface area contributed by atoms with Crippen molar-refractivity contribution in [2.24, 2.45) is 0 Å². The van der Waals surface area contributed by atoms with Gasteiger partial charge in [0.2, 0.25) is 0 Å². The summed E-state index contributed by atoms with van der Waals surface area (Å²) in [7, 11) is 0. The van der Waals surface area contributed by atoms with Crippen molar-refractivity contribution in [1.29, 1.82) is 0 Å². The monoisotopic (exact) mass is 717 g/mol. The molecule has 0 radical (unpaired) electrons. The van der Waals surface area contributed by atoms with Crippen LogP contribution in [0.5, 0.6) is 0 Å². The topological polar surface area (TPSA) is 78.9 Å². The maximum Gasteiger partial charge on any atom is 0.306 e. The van der Waals surface area contributed by atoms with Crippen LogP contribution in [0.1, 0.15) is 213 Å². The van der Waals surface area contributed by atoms with Crippen molar-refractivity contribution in [3.63, 3.8) is 0 Å². The van der Waals surface area contributed by atoms with Gasteiger partial charge in [-0.1, -0.05) is 147 Å². The predicted octanol–water partition coefficient (Wildman–Crippen LogP) is 13.4. The smallest absolute Gasteiger partial charge is 0.306 e. The molecule has 0 heterocycles. The first kappa shape index (κ1) is 48.6. The predicted molar refractivity (Wildman–Crippen MR) is 215 cm³/mol. The third-order valence-corrected chi connectivity index (χ3v) is 9.09. The van der Waals surface area contributed by atoms with E-state index in [9.17, 15) is 14.4 Å². The van der Waals surface area contributed by atoms with Crippen LogP contribution in [0, 0.1) is 0 Å². The van der Waals surface area contributed by atoms with Gasteiger partial charge < -0.3 is 14.2 Å². The van der Waals surface area contributed by atoms with E-state index in [0.717, 1.165) is 83.5 Å². The van der Waals surface area contributed by atoms with Gasteiger partial charge in [0.05, 0.1) is 0 Å². The van der Waals surface area contributed by atoms with Crippen molar-refractivity contribution in [1.82, 2.24) is 0 Å². The van der Waals surface area contributed by atoms with E-state index in [2.05, 4.69) is 57.2 Å². The van der Waals surface area contributed by atoms with Crippen LogP contribution in [-0.2, 0) is 28.6 Å². The molecule has 51 heavy (non-hydrogen) atoms. The second kappa shape index (κ2) is 40.4. The minimum Gasteiger partial charge on any atom is -0.462 e. The number of allylic oxidation sites excluding steroid dienone is 6. The molecule has 0 aliphatic heterocycles. The van der Waals surface area contributed by atoms with E-state index >= 15 is 0 Å². The molecule has 1 unspecified atom stereocenters. The Morgan fingerprint density at radius 2 is 0.686 bits per heavy atom. The summed E-state index contributed by atoms with van der Waals surface area (Å²) in [6, 6.07) is 0. The Hall–Kier alpha value is -2.37. The van der Waals surface area contributed by atoms with Crippen molar-refractivity contribution in [2.45, 2.75) is 219 Å². The number of hydrogen-bond donors (Lipinski definition) is 0. The Bertz CT molecular complexity index is 876. The molecule has 0 spiro atoms. The van der Waals surface area contributed by atoms with Crippen LogP contribution in [0.3, 0.4) is 0 Å². The van der Waals surface area contributed by atoms with Gasteiger partial charge >= 0.3 is 17.9 Å². The van der Waals surface area contributed by atoms with E-state index in [1.54, 1.807) is 0 Å². The molecule has 6 heteroatoms. The van der Waals surface area contributed by atoms with Gasteiger partial charge in [0, 0.05) is 19.3 Å². The van der Waals surface area contributed by atoms with E-state index in [1.807, 2.05) is 0 Å². The van der Waals surface area contributed by atoms with E-state index < -0.39 is 6.10 Å². The number of carbonyl (C=O) groups excluding carboxylic acids is 3. The highest BCUT2D eigenvalue weighted by Crippen LogP contribution is 2.12. The Morgan fingerprint density at radius 3 is 1.16 bits per heavy atom. The summed E-state index contributed by atoms with van der Waals surface area (Å²) < 4.78 is 16.6. The lowest BCUT2D eigenvalue weighted by Gasteiger charge is -2.18. The second-order valence-corrected chi connectivity index (χ2v) is 14.2. The van der Waals surface area contributed by atoms with Crippen LogP contribution in [0.2, 0.25) is 0 Å². The Morgan fingerprint density at radius 1 is 0.373 bits per heavy atom. The van der Waals surface area contributed by atoms with Gasteiger partial charge in [-0.3, -0.25) is 14.4 Å². The molecule has 296 valence electrons. The number of hydrogen-bond acceptors (Lipinski definition) is 6. The summed E-state index contributed by atoms with van der Waals surface area (Å²) >= 11 is 0. The minimum atomic E-state index is -0.789. The van der Waals surface area contributed by atoms with Gasteiger partial charge in [0.1, 0.15) is 13.2 Å². The second-order valence-electron chi connectivity index (χ2n) is 14.2. The van der Waals surface area contributed by atoms with Crippen LogP contribution in [0.25, 0.3) is 0 Å². The van der Waals surface area contributed by atoms with Gasteiger partial charge in [-0.2, -0.15) is 0 Å². The Kier molecular flexibility index (Phi) is 38.5. The maximum absolute atomic E-state index is 12.6. The molecule has 0 aromatic carbocycles. The highest BCUT2D eigenvalue weighted by molar-refractivity contribution is 5.71. The quantitative estimate of drug-likeness (QED) is 0.0274. The first-order valence-corrected chi connectivity index (χ1v) is 21.5. The standard InChI is InChI=1S/C45H80O6/c1-4-7-10-13-16-19-21-22-23-24-27-29-32-35-38-44(47)50-41-42(40-49-43(46)37-34-31-28-25-18-15-12-9-6-3)51-45(48)39-36-33-30-26-20-17-14-11-8-5-2/h14,17,23-25,28,42H,4-13,15-16,18-22,26-27,29-41H2,1-3H3/b17-14-,24-23-,28-25-. The molecule has 6 nitrogen and oxygen atoms in total. The lowest BCUT2D eigenvalue weighted by Crippen LogP contribution is -2.30. The zero-order chi connectivity index (χ0) is 37.3. The summed E-state index contributed by atoms with van der Waals surface area (Å²) in [5, 5.41) is 0. The van der Waals surface area contributed by atoms with E-state index in [4.69, 9.17) is 14.2 Å². The van der Waals surface area contributed by atoms with Gasteiger partial charge in [0.15, 0.2) is 6.10 Å². The summed E-state index contributed by atoms with van der Waals surface area (Å²) in [6.45, 7) is 6.49. The van der Waals surface area contributed by atoms with Gasteiger partial charge in [-0.25, -0.2) is 0 Å². The molecule has 0 aliphatic rings. The Balaban J connectivity index is 4.40. The first-order valence-electron chi connectivity index (χ1n) is 21.5. The lowest BCUT2D eigenvalue weighted by molar-refractivity contribution is -0.167. The van der Waals surface area contributed by atoms with Crippen molar-refractivity contribution >= 4 is 17.9 Å². The van der Waals surface area contributed by atoms with E-state index in [0.29, 0.717) is 25.7 Å². The average Bonchev–Trinajstić information content (AvgIpc) is 3.12. The van der Waals surface area contributed by atoms with Crippen molar-refractivity contribution in [3.05, 3.63) is 36.5 Å². The van der Waals surface area contributed by atoms with Gasteiger partial charge in [0.25, 0.3) is 0 Å². The number of unbranched alkanes of at least 4 members (excludes halogenated alkanes) is 21. The molecule has 0 bridgehead atoms. The molecule has 0 aromatic heterocycles. The minimum absolute atomic E-state index is 0.0929. The van der Waals surface area contributed by atoms with E-state index in [1.165, 1.54) is 83.5 Å². The molecule has 0 aromatic rings. The zero-order valence-electron chi connectivity index (χ0n) is 33.6. The molecule has 0 saturated carbocycles. The van der Waals surface area contributed by atoms with Crippen molar-refractivity contribution in [3.8, 4) is 0 Å². The number of carbonyl (C=O) groups is 3.